The zero-order valence-corrected chi connectivity index (χ0v) is 16.2. The minimum absolute atomic E-state index is 0.269. The summed E-state index contributed by atoms with van der Waals surface area (Å²) in [7, 11) is 0. The van der Waals surface area contributed by atoms with Crippen LogP contribution in [-0.2, 0) is 17.6 Å². The largest absolute Gasteiger partial charge is 0.514 e. The zero-order chi connectivity index (χ0) is 18.8. The SMILES string of the molecule is CCCCCC(OC(=O)Oc1cccc(CC)c1CC)c1ccccc1. The summed E-state index contributed by atoms with van der Waals surface area (Å²) in [6, 6.07) is 15.7. The van der Waals surface area contributed by atoms with Crippen molar-refractivity contribution in [2.45, 2.75) is 65.4 Å². The topological polar surface area (TPSA) is 35.5 Å². The lowest BCUT2D eigenvalue weighted by molar-refractivity contribution is 0.0526. The molecule has 2 aromatic carbocycles. The molecule has 0 saturated heterocycles. The van der Waals surface area contributed by atoms with E-state index >= 15 is 0 Å². The van der Waals surface area contributed by atoms with Gasteiger partial charge in [0.2, 0.25) is 0 Å². The molecule has 1 atom stereocenters. The Morgan fingerprint density at radius 2 is 1.69 bits per heavy atom. The predicted octanol–water partition coefficient (Wildman–Crippen LogP) is 6.65. The molecule has 3 nitrogen and oxygen atoms in total. The summed E-state index contributed by atoms with van der Waals surface area (Å²) >= 11 is 0. The molecule has 0 aliphatic rings. The van der Waals surface area contributed by atoms with Crippen molar-refractivity contribution >= 4 is 6.16 Å². The van der Waals surface area contributed by atoms with Crippen LogP contribution in [0.4, 0.5) is 4.79 Å². The predicted molar refractivity (Wildman–Crippen MR) is 106 cm³/mol. The van der Waals surface area contributed by atoms with Crippen LogP contribution >= 0.6 is 0 Å². The summed E-state index contributed by atoms with van der Waals surface area (Å²) in [6.45, 7) is 6.35. The van der Waals surface area contributed by atoms with E-state index in [4.69, 9.17) is 9.47 Å². The van der Waals surface area contributed by atoms with Gasteiger partial charge in [-0.2, -0.15) is 0 Å². The van der Waals surface area contributed by atoms with Crippen LogP contribution in [0, 0.1) is 0 Å². The van der Waals surface area contributed by atoms with Crippen molar-refractivity contribution < 1.29 is 14.3 Å². The lowest BCUT2D eigenvalue weighted by Crippen LogP contribution is -2.16. The second-order valence-corrected chi connectivity index (χ2v) is 6.47. The first-order chi connectivity index (χ1) is 12.7. The van der Waals surface area contributed by atoms with Gasteiger partial charge in [-0.1, -0.05) is 76.1 Å². The van der Waals surface area contributed by atoms with Gasteiger partial charge in [0.05, 0.1) is 0 Å². The number of unbranched alkanes of at least 4 members (excludes halogenated alkanes) is 2. The fourth-order valence-electron chi connectivity index (χ4n) is 3.21. The van der Waals surface area contributed by atoms with E-state index in [-0.39, 0.29) is 6.10 Å². The Bertz CT molecular complexity index is 679. The Morgan fingerprint density at radius 3 is 2.35 bits per heavy atom. The van der Waals surface area contributed by atoms with Crippen LogP contribution in [0.5, 0.6) is 5.75 Å². The second kappa shape index (κ2) is 10.6. The highest BCUT2D eigenvalue weighted by Gasteiger charge is 2.19. The number of carbonyl (C=O) groups excluding carboxylic acids is 1. The van der Waals surface area contributed by atoms with E-state index in [9.17, 15) is 4.79 Å². The Morgan fingerprint density at radius 1 is 0.923 bits per heavy atom. The number of ether oxygens (including phenoxy) is 2. The first kappa shape index (κ1) is 20.0. The van der Waals surface area contributed by atoms with E-state index in [0.29, 0.717) is 5.75 Å². The maximum Gasteiger partial charge on any atom is 0.514 e. The standard InChI is InChI=1S/C23H30O3/c1-4-7-9-16-21(19-13-10-8-11-14-19)25-23(24)26-22-17-12-15-18(5-2)20(22)6-3/h8,10-15,17,21H,4-7,9,16H2,1-3H3. The summed E-state index contributed by atoms with van der Waals surface area (Å²) in [4.78, 5) is 12.5. The number of hydrogen-bond acceptors (Lipinski definition) is 3. The minimum atomic E-state index is -0.627. The van der Waals surface area contributed by atoms with Gasteiger partial charge in [0.1, 0.15) is 11.9 Å². The van der Waals surface area contributed by atoms with Gasteiger partial charge in [-0.3, -0.25) is 0 Å². The zero-order valence-electron chi connectivity index (χ0n) is 16.2. The van der Waals surface area contributed by atoms with E-state index in [1.165, 1.54) is 5.56 Å². The highest BCUT2D eigenvalue weighted by Crippen LogP contribution is 2.27. The normalized spacial score (nSPS) is 11.8. The molecule has 0 aromatic heterocycles. The molecule has 2 rings (SSSR count). The molecule has 0 aliphatic carbocycles. The molecule has 0 heterocycles. The molecule has 0 saturated carbocycles. The molecule has 0 spiro atoms. The molecule has 0 amide bonds. The second-order valence-electron chi connectivity index (χ2n) is 6.47. The van der Waals surface area contributed by atoms with Crippen molar-refractivity contribution in [1.29, 1.82) is 0 Å². The van der Waals surface area contributed by atoms with E-state index in [1.54, 1.807) is 0 Å². The highest BCUT2D eigenvalue weighted by molar-refractivity contribution is 5.65. The summed E-state index contributed by atoms with van der Waals surface area (Å²) in [5.74, 6) is 0.609. The van der Waals surface area contributed by atoms with Gasteiger partial charge in [-0.15, -0.1) is 0 Å². The van der Waals surface area contributed by atoms with Gasteiger partial charge in [0.25, 0.3) is 0 Å². The fourth-order valence-corrected chi connectivity index (χ4v) is 3.21. The monoisotopic (exact) mass is 354 g/mol. The van der Waals surface area contributed by atoms with E-state index in [0.717, 1.165) is 49.7 Å². The summed E-state index contributed by atoms with van der Waals surface area (Å²) in [6.07, 6.45) is 4.94. The number of benzene rings is 2. The van der Waals surface area contributed by atoms with E-state index in [1.807, 2.05) is 42.5 Å². The van der Waals surface area contributed by atoms with Crippen molar-refractivity contribution in [2.24, 2.45) is 0 Å². The van der Waals surface area contributed by atoms with E-state index < -0.39 is 6.16 Å². The van der Waals surface area contributed by atoms with E-state index in [2.05, 4.69) is 26.8 Å². The molecular formula is C23H30O3. The Kier molecular flexibility index (Phi) is 8.20. The number of hydrogen-bond donors (Lipinski definition) is 0. The lowest BCUT2D eigenvalue weighted by Gasteiger charge is -2.19. The average molecular weight is 354 g/mol. The van der Waals surface area contributed by atoms with Gasteiger partial charge in [0, 0.05) is 0 Å². The first-order valence-electron chi connectivity index (χ1n) is 9.73. The summed E-state index contributed by atoms with van der Waals surface area (Å²) in [5, 5.41) is 0. The summed E-state index contributed by atoms with van der Waals surface area (Å²) < 4.78 is 11.3. The average Bonchev–Trinajstić information content (AvgIpc) is 2.67. The third-order valence-corrected chi connectivity index (χ3v) is 4.64. The van der Waals surface area contributed by atoms with Crippen molar-refractivity contribution in [2.75, 3.05) is 0 Å². The van der Waals surface area contributed by atoms with Crippen LogP contribution in [-0.4, -0.2) is 6.16 Å². The molecule has 1 unspecified atom stereocenters. The molecule has 3 heteroatoms. The molecular weight excluding hydrogens is 324 g/mol. The number of carbonyl (C=O) groups is 1. The van der Waals surface area contributed by atoms with Gasteiger partial charge in [-0.25, -0.2) is 4.79 Å². The Balaban J connectivity index is 2.09. The van der Waals surface area contributed by atoms with Crippen LogP contribution in [0.1, 0.15) is 69.2 Å². The van der Waals surface area contributed by atoms with Crippen LogP contribution < -0.4 is 4.74 Å². The smallest absolute Gasteiger partial charge is 0.426 e. The van der Waals surface area contributed by atoms with Gasteiger partial charge < -0.3 is 9.47 Å². The molecule has 140 valence electrons. The fraction of sp³-hybridized carbons (Fsp3) is 0.435. The van der Waals surface area contributed by atoms with Gasteiger partial charge in [-0.05, 0) is 48.4 Å². The van der Waals surface area contributed by atoms with Crippen molar-refractivity contribution in [1.82, 2.24) is 0 Å². The quantitative estimate of drug-likeness (QED) is 0.287. The molecule has 0 N–H and O–H groups in total. The van der Waals surface area contributed by atoms with Crippen LogP contribution in [0.15, 0.2) is 48.5 Å². The Hall–Kier alpha value is -2.29. The van der Waals surface area contributed by atoms with Gasteiger partial charge >= 0.3 is 6.16 Å². The number of rotatable bonds is 9. The van der Waals surface area contributed by atoms with Crippen LogP contribution in [0.3, 0.4) is 0 Å². The first-order valence-corrected chi connectivity index (χ1v) is 9.73. The molecule has 26 heavy (non-hydrogen) atoms. The van der Waals surface area contributed by atoms with Crippen molar-refractivity contribution in [3.05, 3.63) is 65.2 Å². The lowest BCUT2D eigenvalue weighted by atomic mass is 10.0. The Labute approximate surface area is 157 Å². The third-order valence-electron chi connectivity index (χ3n) is 4.64. The molecule has 0 bridgehead atoms. The van der Waals surface area contributed by atoms with Crippen molar-refractivity contribution in [3.8, 4) is 5.75 Å². The third kappa shape index (κ3) is 5.62. The number of aryl methyl sites for hydroxylation is 1. The summed E-state index contributed by atoms with van der Waals surface area (Å²) in [5.41, 5.74) is 3.30. The molecule has 0 aliphatic heterocycles. The van der Waals surface area contributed by atoms with Crippen LogP contribution in [0.2, 0.25) is 0 Å². The molecule has 2 aromatic rings. The van der Waals surface area contributed by atoms with Crippen molar-refractivity contribution in [3.63, 3.8) is 0 Å². The minimum Gasteiger partial charge on any atom is -0.426 e. The molecule has 0 radical (unpaired) electrons. The van der Waals surface area contributed by atoms with Gasteiger partial charge in [0.15, 0.2) is 0 Å². The maximum atomic E-state index is 12.5. The molecule has 0 fully saturated rings. The maximum absolute atomic E-state index is 12.5. The van der Waals surface area contributed by atoms with Crippen LogP contribution in [0.25, 0.3) is 0 Å². The highest BCUT2D eigenvalue weighted by atomic mass is 16.7.